The first-order chi connectivity index (χ1) is 9.24. The molecule has 3 rings (SSSR count). The number of amides is 1. The lowest BCUT2D eigenvalue weighted by molar-refractivity contribution is 0.0725. The molecule has 0 radical (unpaired) electrons. The van der Waals surface area contributed by atoms with Gasteiger partial charge in [0.2, 0.25) is 0 Å². The van der Waals surface area contributed by atoms with Crippen molar-refractivity contribution >= 4 is 18.3 Å². The minimum atomic E-state index is 0. The Balaban J connectivity index is 0.00000147. The van der Waals surface area contributed by atoms with E-state index in [4.69, 9.17) is 5.73 Å². The highest BCUT2D eigenvalue weighted by molar-refractivity contribution is 5.96. The van der Waals surface area contributed by atoms with E-state index in [2.05, 4.69) is 5.10 Å². The minimum Gasteiger partial charge on any atom is -0.335 e. The molecule has 7 heteroatoms. The van der Waals surface area contributed by atoms with Crippen LogP contribution in [-0.4, -0.2) is 39.7 Å². The summed E-state index contributed by atoms with van der Waals surface area (Å²) in [5.41, 5.74) is 7.48. The summed E-state index contributed by atoms with van der Waals surface area (Å²) in [5.74, 6) is 0.0635. The molecule has 0 atom stereocenters. The van der Waals surface area contributed by atoms with Crippen molar-refractivity contribution in [2.24, 2.45) is 5.73 Å². The maximum Gasteiger partial charge on any atom is 0.257 e. The van der Waals surface area contributed by atoms with Crippen LogP contribution in [0.4, 0.5) is 4.39 Å². The van der Waals surface area contributed by atoms with E-state index in [-0.39, 0.29) is 24.9 Å². The predicted molar refractivity (Wildman–Crippen MR) is 75.5 cm³/mol. The Morgan fingerprint density at radius 3 is 2.90 bits per heavy atom. The molecule has 0 aromatic carbocycles. The molecule has 0 spiro atoms. The standard InChI is InChI=1S/C13H17FN4O.ClH/c14-5-9(6-15)8-18-12-3-4-17(10-1-2-10)13(19)11(12)7-16-18;/h5,7,10H,1-4,6,8,15H2;1H/b9-5+;. The first kappa shape index (κ1) is 15.0. The number of halogens is 2. The Morgan fingerprint density at radius 1 is 1.55 bits per heavy atom. The second-order valence-corrected chi connectivity index (χ2v) is 5.11. The Kier molecular flexibility index (Phi) is 4.45. The largest absolute Gasteiger partial charge is 0.335 e. The Bertz CT molecular complexity index is 538. The van der Waals surface area contributed by atoms with Gasteiger partial charge in [-0.3, -0.25) is 9.48 Å². The number of carbonyl (C=O) groups excluding carboxylic acids is 1. The third-order valence-electron chi connectivity index (χ3n) is 3.79. The number of hydrogen-bond donors (Lipinski definition) is 1. The van der Waals surface area contributed by atoms with Gasteiger partial charge in [0.15, 0.2) is 0 Å². The van der Waals surface area contributed by atoms with Crippen LogP contribution in [0.3, 0.4) is 0 Å². The van der Waals surface area contributed by atoms with Crippen molar-refractivity contribution in [2.75, 3.05) is 13.1 Å². The second-order valence-electron chi connectivity index (χ2n) is 5.11. The Hall–Kier alpha value is -1.40. The van der Waals surface area contributed by atoms with E-state index in [1.165, 1.54) is 0 Å². The molecule has 0 unspecified atom stereocenters. The Morgan fingerprint density at radius 2 is 2.30 bits per heavy atom. The van der Waals surface area contributed by atoms with Gasteiger partial charge in [0.1, 0.15) is 0 Å². The Labute approximate surface area is 123 Å². The fourth-order valence-electron chi connectivity index (χ4n) is 2.54. The van der Waals surface area contributed by atoms with Crippen LogP contribution in [0, 0.1) is 0 Å². The van der Waals surface area contributed by atoms with Crippen molar-refractivity contribution in [1.29, 1.82) is 0 Å². The molecule has 2 N–H and O–H groups in total. The molecular weight excluding hydrogens is 283 g/mol. The van der Waals surface area contributed by atoms with Crippen LogP contribution >= 0.6 is 12.4 Å². The second kappa shape index (κ2) is 5.93. The van der Waals surface area contributed by atoms with Crippen LogP contribution in [0.5, 0.6) is 0 Å². The van der Waals surface area contributed by atoms with Gasteiger partial charge in [-0.15, -0.1) is 12.4 Å². The summed E-state index contributed by atoms with van der Waals surface area (Å²) in [4.78, 5) is 14.2. The number of hydrogen-bond acceptors (Lipinski definition) is 3. The normalized spacial score (nSPS) is 18.8. The average molecular weight is 301 g/mol. The summed E-state index contributed by atoms with van der Waals surface area (Å²) < 4.78 is 14.3. The van der Waals surface area contributed by atoms with Gasteiger partial charge in [-0.05, 0) is 18.4 Å². The van der Waals surface area contributed by atoms with Gasteiger partial charge in [0, 0.05) is 25.6 Å². The maximum atomic E-state index is 12.6. The van der Waals surface area contributed by atoms with Crippen molar-refractivity contribution in [3.63, 3.8) is 0 Å². The van der Waals surface area contributed by atoms with Crippen LogP contribution in [0.1, 0.15) is 28.9 Å². The molecule has 2 heterocycles. The average Bonchev–Trinajstić information content (AvgIpc) is 3.18. The van der Waals surface area contributed by atoms with Gasteiger partial charge < -0.3 is 10.6 Å². The fourth-order valence-corrected chi connectivity index (χ4v) is 2.54. The zero-order valence-electron chi connectivity index (χ0n) is 11.1. The first-order valence-electron chi connectivity index (χ1n) is 6.58. The predicted octanol–water partition coefficient (Wildman–Crippen LogP) is 1.28. The van der Waals surface area contributed by atoms with Crippen molar-refractivity contribution < 1.29 is 9.18 Å². The molecule has 0 bridgehead atoms. The van der Waals surface area contributed by atoms with Gasteiger partial charge in [-0.25, -0.2) is 4.39 Å². The summed E-state index contributed by atoms with van der Waals surface area (Å²) in [6.45, 7) is 1.21. The lowest BCUT2D eigenvalue weighted by Crippen LogP contribution is -2.39. The summed E-state index contributed by atoms with van der Waals surface area (Å²) in [6.07, 6.45) is 5.11. The van der Waals surface area contributed by atoms with E-state index < -0.39 is 0 Å². The molecule has 1 aromatic rings. The van der Waals surface area contributed by atoms with E-state index >= 15 is 0 Å². The molecule has 5 nitrogen and oxygen atoms in total. The van der Waals surface area contributed by atoms with E-state index in [9.17, 15) is 9.18 Å². The highest BCUT2D eigenvalue weighted by Gasteiger charge is 2.37. The summed E-state index contributed by atoms with van der Waals surface area (Å²) >= 11 is 0. The molecule has 110 valence electrons. The number of carbonyl (C=O) groups is 1. The smallest absolute Gasteiger partial charge is 0.257 e. The van der Waals surface area contributed by atoms with Crippen molar-refractivity contribution in [2.45, 2.75) is 31.8 Å². The summed E-state index contributed by atoms with van der Waals surface area (Å²) in [7, 11) is 0. The van der Waals surface area contributed by atoms with Crippen molar-refractivity contribution in [3.8, 4) is 0 Å². The zero-order valence-corrected chi connectivity index (χ0v) is 11.9. The number of aromatic nitrogens is 2. The quantitative estimate of drug-likeness (QED) is 0.911. The molecule has 1 saturated carbocycles. The molecule has 1 aliphatic carbocycles. The molecular formula is C13H18ClFN4O. The molecule has 2 aliphatic rings. The van der Waals surface area contributed by atoms with Crippen molar-refractivity contribution in [3.05, 3.63) is 29.4 Å². The molecule has 1 aromatic heterocycles. The molecule has 1 aliphatic heterocycles. The number of nitrogens with zero attached hydrogens (tertiary/aromatic N) is 3. The lowest BCUT2D eigenvalue weighted by Gasteiger charge is -2.27. The zero-order chi connectivity index (χ0) is 13.4. The number of nitrogens with two attached hydrogens (primary N) is 1. The van der Waals surface area contributed by atoms with Crippen LogP contribution in [0.15, 0.2) is 18.1 Å². The summed E-state index contributed by atoms with van der Waals surface area (Å²) in [5, 5.41) is 4.20. The highest BCUT2D eigenvalue weighted by Crippen LogP contribution is 2.31. The van der Waals surface area contributed by atoms with E-state index in [0.29, 0.717) is 30.1 Å². The molecule has 1 amide bonds. The third-order valence-corrected chi connectivity index (χ3v) is 3.79. The highest BCUT2D eigenvalue weighted by atomic mass is 35.5. The molecule has 20 heavy (non-hydrogen) atoms. The SMILES string of the molecule is Cl.NC/C(=C\F)Cn1ncc2c1CCN(C1CC1)C2=O. The van der Waals surface area contributed by atoms with Crippen LogP contribution in [-0.2, 0) is 13.0 Å². The minimum absolute atomic E-state index is 0. The monoisotopic (exact) mass is 300 g/mol. The van der Waals surface area contributed by atoms with Gasteiger partial charge >= 0.3 is 0 Å². The summed E-state index contributed by atoms with van der Waals surface area (Å²) in [6, 6.07) is 0.425. The van der Waals surface area contributed by atoms with Crippen molar-refractivity contribution in [1.82, 2.24) is 14.7 Å². The number of rotatable bonds is 4. The van der Waals surface area contributed by atoms with Gasteiger partial charge in [0.05, 0.1) is 30.3 Å². The van der Waals surface area contributed by atoms with Crippen LogP contribution < -0.4 is 5.73 Å². The number of fused-ring (bicyclic) bond motifs is 1. The van der Waals surface area contributed by atoms with E-state index in [0.717, 1.165) is 31.5 Å². The van der Waals surface area contributed by atoms with Gasteiger partial charge in [-0.2, -0.15) is 5.10 Å². The van der Waals surface area contributed by atoms with E-state index in [1.807, 2.05) is 4.90 Å². The van der Waals surface area contributed by atoms with Gasteiger partial charge in [-0.1, -0.05) is 0 Å². The van der Waals surface area contributed by atoms with Crippen LogP contribution in [0.25, 0.3) is 0 Å². The van der Waals surface area contributed by atoms with Crippen LogP contribution in [0.2, 0.25) is 0 Å². The topological polar surface area (TPSA) is 64.2 Å². The molecule has 0 saturated heterocycles. The van der Waals surface area contributed by atoms with Gasteiger partial charge in [0.25, 0.3) is 5.91 Å². The lowest BCUT2D eigenvalue weighted by atomic mass is 10.1. The fraction of sp³-hybridized carbons (Fsp3) is 0.538. The maximum absolute atomic E-state index is 12.6. The van der Waals surface area contributed by atoms with E-state index in [1.54, 1.807) is 10.9 Å². The first-order valence-corrected chi connectivity index (χ1v) is 6.58. The molecule has 1 fully saturated rings. The third kappa shape index (κ3) is 2.58.